The topological polar surface area (TPSA) is 90.7 Å². The zero-order valence-electron chi connectivity index (χ0n) is 15.3. The largest absolute Gasteiger partial charge is 0.493 e. The first-order valence-electron chi connectivity index (χ1n) is 8.47. The van der Waals surface area contributed by atoms with E-state index < -0.39 is 4.92 Å². The maximum absolute atomic E-state index is 12.0. The van der Waals surface area contributed by atoms with Crippen molar-refractivity contribution in [2.24, 2.45) is 0 Å². The van der Waals surface area contributed by atoms with Gasteiger partial charge in [-0.15, -0.1) is 11.8 Å². The molecule has 144 valence electrons. The summed E-state index contributed by atoms with van der Waals surface area (Å²) in [5.74, 6) is 1.43. The fourth-order valence-corrected chi connectivity index (χ4v) is 2.95. The molecule has 7 nitrogen and oxygen atoms in total. The summed E-state index contributed by atoms with van der Waals surface area (Å²) in [6.07, 6.45) is 0.910. The first kappa shape index (κ1) is 20.6. The number of hydrogen-bond acceptors (Lipinski definition) is 6. The van der Waals surface area contributed by atoms with Crippen molar-refractivity contribution in [3.05, 3.63) is 58.1 Å². The number of methoxy groups -OCH3 is 1. The number of hydrogen-bond donors (Lipinski definition) is 1. The smallest absolute Gasteiger partial charge is 0.269 e. The molecule has 8 heteroatoms. The molecular weight excluding hydrogens is 368 g/mol. The third kappa shape index (κ3) is 6.49. The zero-order chi connectivity index (χ0) is 19.6. The Labute approximate surface area is 162 Å². The minimum absolute atomic E-state index is 0.0316. The highest BCUT2D eigenvalue weighted by Crippen LogP contribution is 2.28. The van der Waals surface area contributed by atoms with E-state index in [1.165, 1.54) is 23.9 Å². The van der Waals surface area contributed by atoms with Crippen LogP contribution < -0.4 is 14.8 Å². The van der Waals surface area contributed by atoms with Crippen LogP contribution in [-0.4, -0.2) is 30.3 Å². The molecule has 2 rings (SSSR count). The number of nitro groups is 1. The van der Waals surface area contributed by atoms with Crippen LogP contribution in [0.3, 0.4) is 0 Å². The van der Waals surface area contributed by atoms with Crippen LogP contribution in [-0.2, 0) is 11.3 Å². The second kappa shape index (κ2) is 10.4. The second-order valence-electron chi connectivity index (χ2n) is 5.65. The molecule has 27 heavy (non-hydrogen) atoms. The van der Waals surface area contributed by atoms with Gasteiger partial charge in [0.05, 0.1) is 24.4 Å². The van der Waals surface area contributed by atoms with Crippen LogP contribution in [0.5, 0.6) is 11.5 Å². The van der Waals surface area contributed by atoms with Crippen LogP contribution in [0.1, 0.15) is 18.9 Å². The van der Waals surface area contributed by atoms with E-state index in [4.69, 9.17) is 9.47 Å². The fraction of sp³-hybridized carbons (Fsp3) is 0.316. The van der Waals surface area contributed by atoms with Gasteiger partial charge >= 0.3 is 0 Å². The zero-order valence-corrected chi connectivity index (χ0v) is 16.1. The highest BCUT2D eigenvalue weighted by molar-refractivity contribution is 8.00. The van der Waals surface area contributed by atoms with E-state index in [1.807, 2.05) is 25.1 Å². The number of ether oxygens (including phenoxy) is 2. The number of nitrogens with zero attached hydrogens (tertiary/aromatic N) is 1. The van der Waals surface area contributed by atoms with Gasteiger partial charge in [-0.25, -0.2) is 0 Å². The van der Waals surface area contributed by atoms with Gasteiger partial charge in [0, 0.05) is 23.6 Å². The molecule has 0 spiro atoms. The molecule has 0 heterocycles. The van der Waals surface area contributed by atoms with Gasteiger partial charge in [-0.3, -0.25) is 14.9 Å². The molecule has 1 N–H and O–H groups in total. The average molecular weight is 390 g/mol. The number of amides is 1. The quantitative estimate of drug-likeness (QED) is 0.377. The van der Waals surface area contributed by atoms with Crippen molar-refractivity contribution in [2.45, 2.75) is 24.8 Å². The summed E-state index contributed by atoms with van der Waals surface area (Å²) in [4.78, 5) is 23.0. The van der Waals surface area contributed by atoms with Crippen LogP contribution >= 0.6 is 11.8 Å². The molecule has 0 bridgehead atoms. The van der Waals surface area contributed by atoms with Gasteiger partial charge in [0.25, 0.3) is 5.69 Å². The molecule has 0 unspecified atom stereocenters. The molecule has 0 atom stereocenters. The number of benzene rings is 2. The number of nitrogens with one attached hydrogen (secondary N) is 1. The van der Waals surface area contributed by atoms with Gasteiger partial charge in [-0.1, -0.05) is 13.0 Å². The Kier molecular flexibility index (Phi) is 7.94. The summed E-state index contributed by atoms with van der Waals surface area (Å²) < 4.78 is 10.9. The lowest BCUT2D eigenvalue weighted by molar-refractivity contribution is -0.384. The van der Waals surface area contributed by atoms with Crippen molar-refractivity contribution in [1.82, 2.24) is 5.32 Å². The van der Waals surface area contributed by atoms with Gasteiger partial charge in [-0.2, -0.15) is 0 Å². The summed E-state index contributed by atoms with van der Waals surface area (Å²) >= 11 is 1.32. The van der Waals surface area contributed by atoms with Crippen molar-refractivity contribution in [2.75, 3.05) is 19.5 Å². The van der Waals surface area contributed by atoms with E-state index in [9.17, 15) is 14.9 Å². The summed E-state index contributed by atoms with van der Waals surface area (Å²) in [5, 5.41) is 13.5. The highest BCUT2D eigenvalue weighted by atomic mass is 32.2. The van der Waals surface area contributed by atoms with Crippen LogP contribution in [0.4, 0.5) is 5.69 Å². The Bertz CT molecular complexity index is 780. The van der Waals surface area contributed by atoms with Gasteiger partial charge < -0.3 is 14.8 Å². The number of thioether (sulfide) groups is 1. The summed E-state index contributed by atoms with van der Waals surface area (Å²) in [6.45, 7) is 3.03. The lowest BCUT2D eigenvalue weighted by Gasteiger charge is -2.12. The number of carbonyl (C=O) groups is 1. The molecule has 0 aliphatic rings. The first-order valence-corrected chi connectivity index (χ1v) is 9.45. The summed E-state index contributed by atoms with van der Waals surface area (Å²) in [7, 11) is 1.58. The Hall–Kier alpha value is -2.74. The molecule has 0 aliphatic heterocycles. The third-order valence-corrected chi connectivity index (χ3v) is 4.61. The highest BCUT2D eigenvalue weighted by Gasteiger charge is 2.09. The van der Waals surface area contributed by atoms with E-state index in [2.05, 4.69) is 5.32 Å². The summed E-state index contributed by atoms with van der Waals surface area (Å²) in [6, 6.07) is 11.7. The summed E-state index contributed by atoms with van der Waals surface area (Å²) in [5.41, 5.74) is 0.938. The van der Waals surface area contributed by atoms with Gasteiger partial charge in [-0.05, 0) is 36.2 Å². The Morgan fingerprint density at radius 1 is 1.19 bits per heavy atom. The van der Waals surface area contributed by atoms with E-state index in [0.29, 0.717) is 24.7 Å². The molecule has 0 radical (unpaired) electrons. The normalized spacial score (nSPS) is 10.3. The van der Waals surface area contributed by atoms with E-state index in [1.54, 1.807) is 19.2 Å². The van der Waals surface area contributed by atoms with Crippen molar-refractivity contribution in [1.29, 1.82) is 0 Å². The molecular formula is C19H22N2O5S. The molecule has 0 fully saturated rings. The van der Waals surface area contributed by atoms with Crippen LogP contribution in [0.15, 0.2) is 47.4 Å². The van der Waals surface area contributed by atoms with Crippen molar-refractivity contribution < 1.29 is 19.2 Å². The van der Waals surface area contributed by atoms with Crippen LogP contribution in [0.2, 0.25) is 0 Å². The third-order valence-electron chi connectivity index (χ3n) is 3.60. The van der Waals surface area contributed by atoms with E-state index >= 15 is 0 Å². The minimum atomic E-state index is -0.450. The average Bonchev–Trinajstić information content (AvgIpc) is 2.69. The molecule has 2 aromatic rings. The SMILES string of the molecule is CCCOc1ccc(CNC(=O)CSc2ccc([N+](=O)[O-])cc2)cc1OC. The lowest BCUT2D eigenvalue weighted by atomic mass is 10.2. The molecule has 0 aliphatic carbocycles. The van der Waals surface area contributed by atoms with Crippen molar-refractivity contribution in [3.63, 3.8) is 0 Å². The lowest BCUT2D eigenvalue weighted by Crippen LogP contribution is -2.24. The van der Waals surface area contributed by atoms with Crippen LogP contribution in [0.25, 0.3) is 0 Å². The molecule has 0 saturated carbocycles. The molecule has 1 amide bonds. The van der Waals surface area contributed by atoms with Crippen molar-refractivity contribution >= 4 is 23.4 Å². The van der Waals surface area contributed by atoms with Crippen LogP contribution in [0, 0.1) is 10.1 Å². The Morgan fingerprint density at radius 3 is 2.56 bits per heavy atom. The number of nitro benzene ring substituents is 1. The van der Waals surface area contributed by atoms with E-state index in [0.717, 1.165) is 16.9 Å². The van der Waals surface area contributed by atoms with E-state index in [-0.39, 0.29) is 17.3 Å². The predicted molar refractivity (Wildman–Crippen MR) is 104 cm³/mol. The van der Waals surface area contributed by atoms with Gasteiger partial charge in [0.15, 0.2) is 11.5 Å². The fourth-order valence-electron chi connectivity index (χ4n) is 2.22. The number of non-ortho nitro benzene ring substituents is 1. The maximum atomic E-state index is 12.0. The standard InChI is InChI=1S/C19H22N2O5S/c1-3-10-26-17-9-4-14(11-18(17)25-2)12-20-19(22)13-27-16-7-5-15(6-8-16)21(23)24/h4-9,11H,3,10,12-13H2,1-2H3,(H,20,22). The molecule has 0 aromatic heterocycles. The second-order valence-corrected chi connectivity index (χ2v) is 6.70. The van der Waals surface area contributed by atoms with Crippen molar-refractivity contribution in [3.8, 4) is 11.5 Å². The van der Waals surface area contributed by atoms with Gasteiger partial charge in [0.1, 0.15) is 0 Å². The number of carbonyl (C=O) groups excluding carboxylic acids is 1. The Balaban J connectivity index is 1.83. The monoisotopic (exact) mass is 390 g/mol. The first-order chi connectivity index (χ1) is 13.0. The van der Waals surface area contributed by atoms with Gasteiger partial charge in [0.2, 0.25) is 5.91 Å². The number of rotatable bonds is 10. The maximum Gasteiger partial charge on any atom is 0.269 e. The minimum Gasteiger partial charge on any atom is -0.493 e. The Morgan fingerprint density at radius 2 is 1.93 bits per heavy atom. The predicted octanol–water partition coefficient (Wildman–Crippen LogP) is 3.80. The molecule has 2 aromatic carbocycles. The molecule has 0 saturated heterocycles.